The maximum Gasteiger partial charge on any atom is 0.419 e. The number of aryl methyl sites for hydroxylation is 1. The lowest BCUT2D eigenvalue weighted by Gasteiger charge is -1.97. The minimum atomic E-state index is -0.386. The van der Waals surface area contributed by atoms with E-state index in [1.54, 1.807) is 13.1 Å². The van der Waals surface area contributed by atoms with Gasteiger partial charge < -0.3 is 15.1 Å². The highest BCUT2D eigenvalue weighted by molar-refractivity contribution is 9.10. The van der Waals surface area contributed by atoms with Crippen molar-refractivity contribution in [3.05, 3.63) is 33.4 Å². The second-order valence-electron chi connectivity index (χ2n) is 3.89. The van der Waals surface area contributed by atoms with Gasteiger partial charge in [-0.3, -0.25) is 4.57 Å². The fourth-order valence-electron chi connectivity index (χ4n) is 1.84. The molecule has 7 heteroatoms. The number of nitrogens with two attached hydrogens (primary N) is 1. The van der Waals surface area contributed by atoms with Crippen LogP contribution in [-0.2, 0) is 7.05 Å². The van der Waals surface area contributed by atoms with Gasteiger partial charge in [-0.2, -0.15) is 0 Å². The summed E-state index contributed by atoms with van der Waals surface area (Å²) in [5.74, 6) is -0.0609. The Hall–Kier alpha value is -2.02. The van der Waals surface area contributed by atoms with Crippen LogP contribution in [0.2, 0.25) is 0 Å². The molecule has 0 saturated heterocycles. The van der Waals surface area contributed by atoms with Gasteiger partial charge in [-0.1, -0.05) is 6.07 Å². The fourth-order valence-corrected chi connectivity index (χ4v) is 2.36. The molecule has 0 aliphatic heterocycles. The van der Waals surface area contributed by atoms with Gasteiger partial charge in [0.1, 0.15) is 10.3 Å². The Morgan fingerprint density at radius 2 is 2.28 bits per heavy atom. The summed E-state index contributed by atoms with van der Waals surface area (Å²) in [5.41, 5.74) is 8.34. The highest BCUT2D eigenvalue weighted by Gasteiger charge is 2.12. The van der Waals surface area contributed by atoms with Crippen molar-refractivity contribution in [2.45, 2.75) is 0 Å². The lowest BCUT2D eigenvalue weighted by Crippen LogP contribution is -2.08. The highest BCUT2D eigenvalue weighted by atomic mass is 79.9. The van der Waals surface area contributed by atoms with Gasteiger partial charge in [0.25, 0.3) is 0 Å². The second-order valence-corrected chi connectivity index (χ2v) is 4.69. The predicted molar refractivity (Wildman–Crippen MR) is 71.1 cm³/mol. The van der Waals surface area contributed by atoms with E-state index >= 15 is 0 Å². The smallest absolute Gasteiger partial charge is 0.408 e. The number of anilines is 1. The summed E-state index contributed by atoms with van der Waals surface area (Å²) in [4.78, 5) is 18.4. The quantitative estimate of drug-likeness (QED) is 0.718. The molecule has 1 aromatic carbocycles. The summed E-state index contributed by atoms with van der Waals surface area (Å²) in [5, 5.41) is 0. The van der Waals surface area contributed by atoms with E-state index in [-0.39, 0.29) is 5.76 Å². The molecule has 6 nitrogen and oxygen atoms in total. The topological polar surface area (TPSA) is 89.8 Å². The van der Waals surface area contributed by atoms with Crippen LogP contribution >= 0.6 is 15.9 Å². The summed E-state index contributed by atoms with van der Waals surface area (Å²) in [7, 11) is 1.66. The van der Waals surface area contributed by atoms with E-state index in [9.17, 15) is 4.79 Å². The van der Waals surface area contributed by atoms with E-state index < -0.39 is 0 Å². The van der Waals surface area contributed by atoms with Crippen molar-refractivity contribution in [2.75, 3.05) is 5.73 Å². The standard InChI is InChI=1S/C11H9BrN4O2/c1-16-6-3-2-5(4-7(6)18-11(16)17)8-9(12)15-10(13)14-8/h2-4H,1H3,(H3,13,14,15). The third kappa shape index (κ3) is 1.55. The molecule has 0 amide bonds. The number of imidazole rings is 1. The number of nitrogen functional groups attached to an aromatic ring is 1. The van der Waals surface area contributed by atoms with Gasteiger partial charge in [0.05, 0.1) is 5.52 Å². The summed E-state index contributed by atoms with van der Waals surface area (Å²) in [6.07, 6.45) is 0. The number of hydrogen-bond donors (Lipinski definition) is 2. The largest absolute Gasteiger partial charge is 0.419 e. The number of aromatic nitrogens is 3. The van der Waals surface area contributed by atoms with Crippen LogP contribution in [0.1, 0.15) is 0 Å². The van der Waals surface area contributed by atoms with Gasteiger partial charge in [0.15, 0.2) is 11.5 Å². The number of aromatic amines is 1. The number of H-pyrrole nitrogens is 1. The summed E-state index contributed by atoms with van der Waals surface area (Å²) < 4.78 is 7.27. The van der Waals surface area contributed by atoms with Crippen LogP contribution in [-0.4, -0.2) is 14.5 Å². The molecular weight excluding hydrogens is 300 g/mol. The van der Waals surface area contributed by atoms with Crippen molar-refractivity contribution in [2.24, 2.45) is 7.05 Å². The SMILES string of the molecule is Cn1c(=O)oc2cc(-c3nc(N)[nH]c3Br)ccc21. The maximum absolute atomic E-state index is 11.4. The van der Waals surface area contributed by atoms with Gasteiger partial charge in [0, 0.05) is 12.6 Å². The van der Waals surface area contributed by atoms with E-state index in [2.05, 4.69) is 25.9 Å². The Balaban J connectivity index is 2.25. The van der Waals surface area contributed by atoms with Gasteiger partial charge in [-0.25, -0.2) is 9.78 Å². The zero-order valence-corrected chi connectivity index (χ0v) is 11.0. The van der Waals surface area contributed by atoms with E-state index in [4.69, 9.17) is 10.2 Å². The molecular formula is C11H9BrN4O2. The van der Waals surface area contributed by atoms with Crippen LogP contribution in [0.4, 0.5) is 5.95 Å². The first kappa shape index (κ1) is 11.1. The summed E-state index contributed by atoms with van der Waals surface area (Å²) >= 11 is 3.34. The second kappa shape index (κ2) is 3.74. The first-order chi connectivity index (χ1) is 8.56. The fraction of sp³-hybridized carbons (Fsp3) is 0.0909. The Bertz CT molecular complexity index is 799. The molecule has 0 aliphatic carbocycles. The van der Waals surface area contributed by atoms with Crippen molar-refractivity contribution in [3.8, 4) is 11.3 Å². The van der Waals surface area contributed by atoms with Crippen molar-refractivity contribution < 1.29 is 4.42 Å². The van der Waals surface area contributed by atoms with Crippen LogP contribution in [0, 0.1) is 0 Å². The van der Waals surface area contributed by atoms with Crippen LogP contribution < -0.4 is 11.5 Å². The first-order valence-corrected chi connectivity index (χ1v) is 5.96. The van der Waals surface area contributed by atoms with Gasteiger partial charge >= 0.3 is 5.76 Å². The minimum absolute atomic E-state index is 0.325. The molecule has 3 aromatic rings. The lowest BCUT2D eigenvalue weighted by molar-refractivity contribution is 0.528. The highest BCUT2D eigenvalue weighted by Crippen LogP contribution is 2.28. The lowest BCUT2D eigenvalue weighted by atomic mass is 10.1. The van der Waals surface area contributed by atoms with Crippen LogP contribution in [0.15, 0.2) is 32.0 Å². The first-order valence-electron chi connectivity index (χ1n) is 5.17. The Morgan fingerprint density at radius 1 is 1.50 bits per heavy atom. The molecule has 3 N–H and O–H groups in total. The number of nitrogens with one attached hydrogen (secondary N) is 1. The molecule has 0 aliphatic rings. The van der Waals surface area contributed by atoms with Crippen LogP contribution in [0.3, 0.4) is 0 Å². The molecule has 0 spiro atoms. The van der Waals surface area contributed by atoms with Gasteiger partial charge in [0.2, 0.25) is 0 Å². The molecule has 2 heterocycles. The van der Waals surface area contributed by atoms with Crippen LogP contribution in [0.5, 0.6) is 0 Å². The van der Waals surface area contributed by atoms with Crippen molar-refractivity contribution >= 4 is 33.0 Å². The minimum Gasteiger partial charge on any atom is -0.408 e. The van der Waals surface area contributed by atoms with Crippen molar-refractivity contribution in [1.29, 1.82) is 0 Å². The van der Waals surface area contributed by atoms with E-state index in [1.165, 1.54) is 4.57 Å². The molecule has 92 valence electrons. The van der Waals surface area contributed by atoms with Crippen molar-refractivity contribution in [3.63, 3.8) is 0 Å². The Morgan fingerprint density at radius 3 is 2.94 bits per heavy atom. The molecule has 0 bridgehead atoms. The Kier molecular flexibility index (Phi) is 2.30. The zero-order chi connectivity index (χ0) is 12.9. The van der Waals surface area contributed by atoms with Gasteiger partial charge in [-0.05, 0) is 28.1 Å². The average Bonchev–Trinajstić information content (AvgIpc) is 2.80. The molecule has 0 atom stereocenters. The molecule has 0 unspecified atom stereocenters. The Labute approximate surface area is 110 Å². The summed E-state index contributed by atoms with van der Waals surface area (Å²) in [6, 6.07) is 5.43. The van der Waals surface area contributed by atoms with Gasteiger partial charge in [-0.15, -0.1) is 0 Å². The number of rotatable bonds is 1. The summed E-state index contributed by atoms with van der Waals surface area (Å²) in [6.45, 7) is 0. The number of oxazole rings is 1. The average molecular weight is 309 g/mol. The maximum atomic E-state index is 11.4. The number of hydrogen-bond acceptors (Lipinski definition) is 4. The van der Waals surface area contributed by atoms with Crippen LogP contribution in [0.25, 0.3) is 22.4 Å². The van der Waals surface area contributed by atoms with E-state index in [0.29, 0.717) is 21.8 Å². The number of fused-ring (bicyclic) bond motifs is 1. The van der Waals surface area contributed by atoms with Crippen molar-refractivity contribution in [1.82, 2.24) is 14.5 Å². The monoisotopic (exact) mass is 308 g/mol. The molecule has 0 fully saturated rings. The third-order valence-electron chi connectivity index (χ3n) is 2.74. The molecule has 2 aromatic heterocycles. The normalized spacial score (nSPS) is 11.2. The third-order valence-corrected chi connectivity index (χ3v) is 3.32. The number of nitrogens with zero attached hydrogens (tertiary/aromatic N) is 2. The van der Waals surface area contributed by atoms with E-state index in [0.717, 1.165) is 11.1 Å². The number of benzene rings is 1. The number of halogens is 1. The predicted octanol–water partition coefficient (Wildman–Crippen LogP) is 1.87. The molecule has 3 rings (SSSR count). The zero-order valence-electron chi connectivity index (χ0n) is 9.40. The molecule has 0 saturated carbocycles. The molecule has 18 heavy (non-hydrogen) atoms. The molecule has 0 radical (unpaired) electrons. The van der Waals surface area contributed by atoms with E-state index in [1.807, 2.05) is 12.1 Å².